The van der Waals surface area contributed by atoms with Gasteiger partial charge in [-0.3, -0.25) is 13.9 Å². The van der Waals surface area contributed by atoms with E-state index in [1.54, 1.807) is 6.07 Å². The zero-order chi connectivity index (χ0) is 26.6. The van der Waals surface area contributed by atoms with Crippen molar-refractivity contribution in [1.82, 2.24) is 4.90 Å². The Balaban J connectivity index is 0.948. The number of aliphatic hydroxyl groups is 1. The van der Waals surface area contributed by atoms with Crippen molar-refractivity contribution in [2.75, 3.05) is 13.7 Å². The molecule has 3 aromatic carbocycles. The number of rotatable bonds is 8. The Morgan fingerprint density at radius 1 is 1.08 bits per heavy atom. The Morgan fingerprint density at radius 2 is 1.85 bits per heavy atom. The zero-order valence-electron chi connectivity index (χ0n) is 21.6. The van der Waals surface area contributed by atoms with Crippen molar-refractivity contribution in [3.8, 4) is 22.6 Å². The van der Waals surface area contributed by atoms with E-state index in [1.165, 1.54) is 16.7 Å². The minimum atomic E-state index is -2.02. The maximum Gasteiger partial charge on any atom is 0.360 e. The zero-order valence-corrected chi connectivity index (χ0v) is 22.4. The molecular formula is C31H29NO6S. The second-order valence-electron chi connectivity index (χ2n) is 11.6. The van der Waals surface area contributed by atoms with Gasteiger partial charge < -0.3 is 14.0 Å². The second kappa shape index (κ2) is 8.01. The Labute approximate surface area is 229 Å². The summed E-state index contributed by atoms with van der Waals surface area (Å²) < 4.78 is 30.2. The highest BCUT2D eigenvalue weighted by atomic mass is 32.2. The first-order valence-corrected chi connectivity index (χ1v) is 14.6. The van der Waals surface area contributed by atoms with Crippen LogP contribution in [0, 0.1) is 0 Å². The molecule has 0 radical (unpaired) electrons. The molecule has 0 amide bonds. The van der Waals surface area contributed by atoms with Gasteiger partial charge in [0.25, 0.3) is 0 Å². The SMILES string of the molecule is CN1C2C13CC14c5c3ccc(OS(=O)OCCCc3ccc(-c6ccccc6)cc3)c5OC1C(=O)CCC24O. The highest BCUT2D eigenvalue weighted by Crippen LogP contribution is 2.81. The summed E-state index contributed by atoms with van der Waals surface area (Å²) in [6.45, 7) is 0.272. The Morgan fingerprint density at radius 3 is 2.64 bits per heavy atom. The van der Waals surface area contributed by atoms with Crippen molar-refractivity contribution in [3.63, 3.8) is 0 Å². The van der Waals surface area contributed by atoms with Gasteiger partial charge in [0.15, 0.2) is 23.4 Å². The molecule has 5 aliphatic rings. The first-order valence-electron chi connectivity index (χ1n) is 13.6. The predicted molar refractivity (Wildman–Crippen MR) is 144 cm³/mol. The van der Waals surface area contributed by atoms with E-state index in [0.29, 0.717) is 37.2 Å². The number of fused-ring (bicyclic) bond motifs is 1. The molecule has 2 heterocycles. The number of ether oxygens (including phenoxy) is 1. The highest BCUT2D eigenvalue weighted by molar-refractivity contribution is 7.75. The lowest BCUT2D eigenvalue weighted by molar-refractivity contribution is -0.148. The summed E-state index contributed by atoms with van der Waals surface area (Å²) in [6.07, 6.45) is 2.17. The molecule has 7 unspecified atom stereocenters. The Bertz CT molecular complexity index is 1540. The molecule has 0 aromatic heterocycles. The number of benzene rings is 3. The summed E-state index contributed by atoms with van der Waals surface area (Å²) in [5, 5.41) is 11.9. The monoisotopic (exact) mass is 543 g/mol. The van der Waals surface area contributed by atoms with Gasteiger partial charge in [-0.05, 0) is 61.1 Å². The van der Waals surface area contributed by atoms with Gasteiger partial charge >= 0.3 is 11.4 Å². The van der Waals surface area contributed by atoms with Gasteiger partial charge in [0.05, 0.1) is 29.2 Å². The Hall–Kier alpha value is -3.04. The van der Waals surface area contributed by atoms with Gasteiger partial charge in [-0.2, -0.15) is 4.21 Å². The van der Waals surface area contributed by atoms with Crippen LogP contribution < -0.4 is 8.92 Å². The fourth-order valence-corrected chi connectivity index (χ4v) is 8.91. The standard InChI is InChI=1S/C31H29NO6S/c1-32-28-30(32)18-29-25-22(30)13-14-24(26(25)37-27(29)23(33)15-16-31(28,29)34)38-39(35)36-17-5-6-19-9-11-21(12-10-19)20-7-3-2-4-8-20/h2-4,7-14,27-28,34H,5-6,15-18H2,1H3. The first kappa shape index (κ1) is 23.8. The molecule has 1 saturated heterocycles. The average molecular weight is 544 g/mol. The average Bonchev–Trinajstić information content (AvgIpc) is 3.20. The van der Waals surface area contributed by atoms with Crippen LogP contribution in [0.25, 0.3) is 11.1 Å². The molecule has 3 aliphatic carbocycles. The third-order valence-electron chi connectivity index (χ3n) is 9.95. The number of aryl methyl sites for hydroxylation is 1. The molecule has 200 valence electrons. The number of likely N-dealkylation sites (tertiary alicyclic amines) is 1. The van der Waals surface area contributed by atoms with Crippen LogP contribution in [0.2, 0.25) is 0 Å². The number of hydrogen-bond donors (Lipinski definition) is 1. The topological polar surface area (TPSA) is 85.1 Å². The summed E-state index contributed by atoms with van der Waals surface area (Å²) in [5.74, 6) is 0.756. The van der Waals surface area contributed by atoms with Crippen LogP contribution in [0.1, 0.15) is 42.4 Å². The van der Waals surface area contributed by atoms with Crippen LogP contribution in [-0.4, -0.2) is 51.4 Å². The van der Waals surface area contributed by atoms with Crippen molar-refractivity contribution in [3.05, 3.63) is 83.4 Å². The summed E-state index contributed by atoms with van der Waals surface area (Å²) in [5.41, 5.74) is 3.50. The van der Waals surface area contributed by atoms with Gasteiger partial charge in [0, 0.05) is 12.0 Å². The highest BCUT2D eigenvalue weighted by Gasteiger charge is 2.91. The van der Waals surface area contributed by atoms with Crippen molar-refractivity contribution in [2.45, 2.75) is 60.8 Å². The minimum Gasteiger partial charge on any atom is -0.477 e. The summed E-state index contributed by atoms with van der Waals surface area (Å²) in [6, 6.07) is 22.4. The molecule has 39 heavy (non-hydrogen) atoms. The Kier molecular flexibility index (Phi) is 4.89. The number of Topliss-reactive ketones (excluding diaryl/α,β-unsaturated/α-hetero) is 1. The quantitative estimate of drug-likeness (QED) is 0.340. The van der Waals surface area contributed by atoms with Crippen molar-refractivity contribution in [2.24, 2.45) is 0 Å². The predicted octanol–water partition coefficient (Wildman–Crippen LogP) is 3.98. The lowest BCUT2D eigenvalue weighted by atomic mass is 9.59. The lowest BCUT2D eigenvalue weighted by Crippen LogP contribution is -2.64. The van der Waals surface area contributed by atoms with Gasteiger partial charge in [0.1, 0.15) is 0 Å². The van der Waals surface area contributed by atoms with Crippen LogP contribution in [0.4, 0.5) is 0 Å². The van der Waals surface area contributed by atoms with Crippen LogP contribution in [0.3, 0.4) is 0 Å². The van der Waals surface area contributed by atoms with Gasteiger partial charge in [-0.1, -0.05) is 60.7 Å². The lowest BCUT2D eigenvalue weighted by Gasteiger charge is -2.47. The third kappa shape index (κ3) is 2.92. The van der Waals surface area contributed by atoms with E-state index in [4.69, 9.17) is 13.1 Å². The molecule has 7 nitrogen and oxygen atoms in total. The number of carbonyl (C=O) groups excluding carboxylic acids is 1. The molecule has 8 rings (SSSR count). The number of nitrogens with zero attached hydrogens (tertiary/aromatic N) is 1. The largest absolute Gasteiger partial charge is 0.477 e. The smallest absolute Gasteiger partial charge is 0.360 e. The second-order valence-corrected chi connectivity index (χ2v) is 12.4. The molecule has 2 aliphatic heterocycles. The fraction of sp³-hybridized carbons (Fsp3) is 0.387. The molecule has 3 fully saturated rings. The number of ketones is 1. The molecule has 8 heteroatoms. The molecule has 3 aromatic rings. The molecular weight excluding hydrogens is 514 g/mol. The van der Waals surface area contributed by atoms with Crippen LogP contribution in [0.5, 0.6) is 11.5 Å². The number of likely N-dealkylation sites (N-methyl/N-ethyl adjacent to an activating group) is 1. The first-order chi connectivity index (χ1) is 18.9. The maximum atomic E-state index is 13.0. The summed E-state index contributed by atoms with van der Waals surface area (Å²) in [7, 11) is 2.04. The van der Waals surface area contributed by atoms with Gasteiger partial charge in [0.2, 0.25) is 0 Å². The molecule has 2 bridgehead atoms. The van der Waals surface area contributed by atoms with E-state index in [-0.39, 0.29) is 24.0 Å². The van der Waals surface area contributed by atoms with Crippen LogP contribution >= 0.6 is 0 Å². The van der Waals surface area contributed by atoms with E-state index in [9.17, 15) is 14.1 Å². The molecule has 7 atom stereocenters. The maximum absolute atomic E-state index is 13.0. The summed E-state index contributed by atoms with van der Waals surface area (Å²) >= 11 is -2.02. The molecule has 1 N–H and O–H groups in total. The van der Waals surface area contributed by atoms with Crippen molar-refractivity contribution < 1.29 is 27.2 Å². The minimum absolute atomic E-state index is 0.00132. The fourth-order valence-electron chi connectivity index (χ4n) is 8.33. The van der Waals surface area contributed by atoms with E-state index in [0.717, 1.165) is 17.5 Å². The number of carbonyl (C=O) groups is 1. The van der Waals surface area contributed by atoms with E-state index in [1.807, 2.05) is 31.3 Å². The van der Waals surface area contributed by atoms with E-state index < -0.39 is 28.5 Å². The van der Waals surface area contributed by atoms with Crippen molar-refractivity contribution >= 4 is 17.1 Å². The normalized spacial score (nSPS) is 34.8. The third-order valence-corrected chi connectivity index (χ3v) is 10.6. The number of piperidine rings is 1. The van der Waals surface area contributed by atoms with E-state index >= 15 is 0 Å². The van der Waals surface area contributed by atoms with Crippen molar-refractivity contribution in [1.29, 1.82) is 0 Å². The molecule has 2 spiro atoms. The van der Waals surface area contributed by atoms with Gasteiger partial charge in [-0.15, -0.1) is 0 Å². The van der Waals surface area contributed by atoms with E-state index in [2.05, 4.69) is 41.3 Å². The van der Waals surface area contributed by atoms with Crippen LogP contribution in [0.15, 0.2) is 66.7 Å². The van der Waals surface area contributed by atoms with Crippen LogP contribution in [-0.2, 0) is 37.7 Å². The number of hydrogen-bond acceptors (Lipinski definition) is 7. The summed E-state index contributed by atoms with van der Waals surface area (Å²) in [4.78, 5) is 15.2. The van der Waals surface area contributed by atoms with Gasteiger partial charge in [-0.25, -0.2) is 0 Å². The molecule has 2 saturated carbocycles.